The summed E-state index contributed by atoms with van der Waals surface area (Å²) in [5.74, 6) is -1.74. The van der Waals surface area contributed by atoms with Crippen molar-refractivity contribution in [2.45, 2.75) is 70.4 Å². The number of rotatable bonds is 15. The summed E-state index contributed by atoms with van der Waals surface area (Å²) < 4.78 is 0. The minimum absolute atomic E-state index is 0.0628. The Bertz CT molecular complexity index is 288. The van der Waals surface area contributed by atoms with Crippen LogP contribution in [0.15, 0.2) is 0 Å². The van der Waals surface area contributed by atoms with Gasteiger partial charge in [0.15, 0.2) is 0 Å². The lowest BCUT2D eigenvalue weighted by atomic mass is 10.2. The highest BCUT2D eigenvalue weighted by Gasteiger charge is 2.00. The van der Waals surface area contributed by atoms with Crippen molar-refractivity contribution in [3.05, 3.63) is 0 Å². The number of nitrogens with two attached hydrogens (primary N) is 3. The van der Waals surface area contributed by atoms with Crippen molar-refractivity contribution in [3.8, 4) is 0 Å². The zero-order valence-corrected chi connectivity index (χ0v) is 14.7. The molecule has 0 aliphatic rings. The van der Waals surface area contributed by atoms with Gasteiger partial charge in [-0.2, -0.15) is 0 Å². The van der Waals surface area contributed by atoms with Crippen molar-refractivity contribution < 1.29 is 19.8 Å². The Labute approximate surface area is 145 Å². The SMILES string of the molecule is NCCCCCCNC(N)CCCN.O=C(O)CCCCC(=O)O. The number of nitrogens with one attached hydrogen (secondary N) is 1. The zero-order valence-electron chi connectivity index (χ0n) is 14.7. The van der Waals surface area contributed by atoms with Crippen molar-refractivity contribution in [3.63, 3.8) is 0 Å². The number of carbonyl (C=O) groups is 2. The smallest absolute Gasteiger partial charge is 0.303 e. The van der Waals surface area contributed by atoms with Gasteiger partial charge < -0.3 is 32.7 Å². The molecule has 1 atom stereocenters. The lowest BCUT2D eigenvalue weighted by Gasteiger charge is -2.12. The van der Waals surface area contributed by atoms with Crippen LogP contribution in [0.1, 0.15) is 64.2 Å². The predicted molar refractivity (Wildman–Crippen MR) is 95.5 cm³/mol. The Balaban J connectivity index is 0. The van der Waals surface area contributed by atoms with E-state index in [1.165, 1.54) is 19.3 Å². The number of aliphatic carboxylic acids is 2. The Morgan fingerprint density at radius 3 is 1.75 bits per heavy atom. The summed E-state index contributed by atoms with van der Waals surface area (Å²) in [7, 11) is 0. The van der Waals surface area contributed by atoms with Crippen LogP contribution in [0.5, 0.6) is 0 Å². The molecule has 0 spiro atoms. The molecule has 0 aliphatic carbocycles. The molecule has 0 aromatic rings. The Kier molecular flexibility index (Phi) is 20.7. The van der Waals surface area contributed by atoms with E-state index >= 15 is 0 Å². The van der Waals surface area contributed by atoms with Gasteiger partial charge in [0.25, 0.3) is 0 Å². The molecule has 0 fully saturated rings. The third-order valence-electron chi connectivity index (χ3n) is 3.29. The third-order valence-corrected chi connectivity index (χ3v) is 3.29. The molecule has 9 N–H and O–H groups in total. The molecule has 8 heteroatoms. The monoisotopic (exact) mass is 348 g/mol. The largest absolute Gasteiger partial charge is 0.481 e. The molecule has 0 heterocycles. The van der Waals surface area contributed by atoms with E-state index in [9.17, 15) is 9.59 Å². The van der Waals surface area contributed by atoms with E-state index < -0.39 is 11.9 Å². The maximum Gasteiger partial charge on any atom is 0.303 e. The molecule has 0 amide bonds. The van der Waals surface area contributed by atoms with E-state index in [-0.39, 0.29) is 19.0 Å². The summed E-state index contributed by atoms with van der Waals surface area (Å²) in [5.41, 5.74) is 16.6. The van der Waals surface area contributed by atoms with Crippen molar-refractivity contribution in [2.75, 3.05) is 19.6 Å². The normalized spacial score (nSPS) is 11.5. The quantitative estimate of drug-likeness (QED) is 0.187. The van der Waals surface area contributed by atoms with E-state index in [4.69, 9.17) is 27.4 Å². The van der Waals surface area contributed by atoms with Crippen LogP contribution in [0, 0.1) is 0 Å². The molecule has 1 unspecified atom stereocenters. The lowest BCUT2D eigenvalue weighted by Crippen LogP contribution is -2.38. The van der Waals surface area contributed by atoms with Gasteiger partial charge in [-0.3, -0.25) is 9.59 Å². The molecule has 8 nitrogen and oxygen atoms in total. The van der Waals surface area contributed by atoms with Gasteiger partial charge in [0, 0.05) is 12.8 Å². The van der Waals surface area contributed by atoms with Crippen molar-refractivity contribution >= 4 is 11.9 Å². The molecule has 0 bridgehead atoms. The first-order chi connectivity index (χ1) is 11.4. The molecular formula is C16H36N4O4. The van der Waals surface area contributed by atoms with Gasteiger partial charge in [0.05, 0.1) is 6.17 Å². The number of unbranched alkanes of at least 4 members (excludes halogenated alkanes) is 4. The Hall–Kier alpha value is -1.22. The first-order valence-electron chi connectivity index (χ1n) is 8.76. The second kappa shape index (κ2) is 19.8. The van der Waals surface area contributed by atoms with E-state index in [1.54, 1.807) is 0 Å². The molecule has 24 heavy (non-hydrogen) atoms. The zero-order chi connectivity index (χ0) is 18.6. The van der Waals surface area contributed by atoms with Gasteiger partial charge in [0.1, 0.15) is 0 Å². The third kappa shape index (κ3) is 25.7. The lowest BCUT2D eigenvalue weighted by molar-refractivity contribution is -0.139. The molecule has 0 saturated heterocycles. The van der Waals surface area contributed by atoms with Crippen LogP contribution in [-0.2, 0) is 9.59 Å². The average Bonchev–Trinajstić information content (AvgIpc) is 2.53. The van der Waals surface area contributed by atoms with E-state index in [1.807, 2.05) is 0 Å². The summed E-state index contributed by atoms with van der Waals surface area (Å²) in [4.78, 5) is 19.8. The van der Waals surface area contributed by atoms with Gasteiger partial charge in [-0.1, -0.05) is 12.8 Å². The summed E-state index contributed by atoms with van der Waals surface area (Å²) in [6.07, 6.45) is 7.91. The molecule has 0 radical (unpaired) electrons. The molecular weight excluding hydrogens is 312 g/mol. The van der Waals surface area contributed by atoms with Crippen LogP contribution in [0.3, 0.4) is 0 Å². The Morgan fingerprint density at radius 1 is 0.792 bits per heavy atom. The summed E-state index contributed by atoms with van der Waals surface area (Å²) in [6.45, 7) is 2.55. The average molecular weight is 348 g/mol. The number of carboxylic acids is 2. The van der Waals surface area contributed by atoms with Crippen molar-refractivity contribution in [1.29, 1.82) is 0 Å². The highest BCUT2D eigenvalue weighted by Crippen LogP contribution is 1.99. The van der Waals surface area contributed by atoms with Gasteiger partial charge in [-0.15, -0.1) is 0 Å². The highest BCUT2D eigenvalue weighted by atomic mass is 16.4. The second-order valence-electron chi connectivity index (χ2n) is 5.69. The van der Waals surface area contributed by atoms with E-state index in [0.717, 1.165) is 38.9 Å². The minimum Gasteiger partial charge on any atom is -0.481 e. The molecule has 0 aromatic heterocycles. The Morgan fingerprint density at radius 2 is 1.29 bits per heavy atom. The number of hydrogen-bond acceptors (Lipinski definition) is 6. The highest BCUT2D eigenvalue weighted by molar-refractivity contribution is 5.67. The van der Waals surface area contributed by atoms with Crippen LogP contribution in [0.4, 0.5) is 0 Å². The fourth-order valence-electron chi connectivity index (χ4n) is 1.90. The minimum atomic E-state index is -0.870. The van der Waals surface area contributed by atoms with E-state index in [2.05, 4.69) is 5.32 Å². The van der Waals surface area contributed by atoms with Crippen molar-refractivity contribution in [2.24, 2.45) is 17.2 Å². The summed E-state index contributed by atoms with van der Waals surface area (Å²) in [5, 5.41) is 19.5. The number of hydrogen-bond donors (Lipinski definition) is 6. The molecule has 0 aromatic carbocycles. The summed E-state index contributed by atoms with van der Waals surface area (Å²) >= 11 is 0. The van der Waals surface area contributed by atoms with Crippen LogP contribution < -0.4 is 22.5 Å². The van der Waals surface area contributed by atoms with Crippen LogP contribution in [0.25, 0.3) is 0 Å². The van der Waals surface area contributed by atoms with Gasteiger partial charge in [-0.25, -0.2) is 0 Å². The molecule has 0 aliphatic heterocycles. The summed E-state index contributed by atoms with van der Waals surface area (Å²) in [6, 6.07) is 0. The first kappa shape index (κ1) is 25.0. The van der Waals surface area contributed by atoms with Gasteiger partial charge in [-0.05, 0) is 58.2 Å². The van der Waals surface area contributed by atoms with Crippen LogP contribution in [-0.4, -0.2) is 48.0 Å². The van der Waals surface area contributed by atoms with Crippen LogP contribution >= 0.6 is 0 Å². The molecule has 0 saturated carbocycles. The fraction of sp³-hybridized carbons (Fsp3) is 0.875. The molecule has 144 valence electrons. The van der Waals surface area contributed by atoms with E-state index in [0.29, 0.717) is 12.8 Å². The topological polar surface area (TPSA) is 165 Å². The fourth-order valence-corrected chi connectivity index (χ4v) is 1.90. The van der Waals surface area contributed by atoms with Gasteiger partial charge >= 0.3 is 11.9 Å². The first-order valence-corrected chi connectivity index (χ1v) is 8.76. The van der Waals surface area contributed by atoms with Gasteiger partial charge in [0.2, 0.25) is 0 Å². The standard InChI is InChI=1S/C10H26N4.C6H10O4/c11-7-3-1-2-4-9-14-10(13)6-5-8-12;7-5(8)3-1-2-4-6(9)10/h10,14H,1-9,11-13H2;1-4H2,(H,7,8)(H,9,10). The van der Waals surface area contributed by atoms with Crippen molar-refractivity contribution in [1.82, 2.24) is 5.32 Å². The number of carboxylic acid groups (broad SMARTS) is 2. The maximum atomic E-state index is 9.90. The maximum absolute atomic E-state index is 9.90. The predicted octanol–water partition coefficient (Wildman–Crippen LogP) is 0.835. The second-order valence-corrected chi connectivity index (χ2v) is 5.69. The molecule has 0 rings (SSSR count). The van der Waals surface area contributed by atoms with Crippen LogP contribution in [0.2, 0.25) is 0 Å².